The van der Waals surface area contributed by atoms with Crippen molar-refractivity contribution in [3.63, 3.8) is 0 Å². The molecule has 0 heterocycles. The highest BCUT2D eigenvalue weighted by atomic mass is 127. The predicted molar refractivity (Wildman–Crippen MR) is 123 cm³/mol. The zero-order valence-corrected chi connectivity index (χ0v) is 19.7. The Labute approximate surface area is 185 Å². The van der Waals surface area contributed by atoms with Gasteiger partial charge in [-0.15, -0.1) is 24.0 Å². The molecular weight excluding hydrogens is 469 g/mol. The van der Waals surface area contributed by atoms with E-state index in [4.69, 9.17) is 15.2 Å². The Bertz CT molecular complexity index is 633. The molecule has 1 saturated carbocycles. The molecule has 0 bridgehead atoms. The van der Waals surface area contributed by atoms with Gasteiger partial charge in [-0.05, 0) is 70.6 Å². The Morgan fingerprint density at radius 1 is 1.18 bits per heavy atom. The van der Waals surface area contributed by atoms with E-state index in [1.807, 2.05) is 45.0 Å². The van der Waals surface area contributed by atoms with Crippen LogP contribution in [0.25, 0.3) is 0 Å². The minimum Gasteiger partial charge on any atom is -0.497 e. The Morgan fingerprint density at radius 2 is 1.79 bits per heavy atom. The summed E-state index contributed by atoms with van der Waals surface area (Å²) in [5.41, 5.74) is 6.80. The number of ether oxygens (including phenoxy) is 2. The zero-order chi connectivity index (χ0) is 19.9. The van der Waals surface area contributed by atoms with Gasteiger partial charge in [0.2, 0.25) is 0 Å². The summed E-state index contributed by atoms with van der Waals surface area (Å²) in [6, 6.07) is 8.24. The summed E-state index contributed by atoms with van der Waals surface area (Å²) < 4.78 is 10.6. The molecule has 7 heteroatoms. The average Bonchev–Trinajstić information content (AvgIpc) is 2.61. The van der Waals surface area contributed by atoms with Crippen LogP contribution in [-0.2, 0) is 16.0 Å². The van der Waals surface area contributed by atoms with Crippen LogP contribution < -0.4 is 15.8 Å². The normalized spacial score (nSPS) is 20.1. The molecular formula is C21H34IN3O3. The second-order valence-electron chi connectivity index (χ2n) is 8.09. The number of hydrogen-bond donors (Lipinski definition) is 2. The number of nitrogens with zero attached hydrogens (tertiary/aromatic N) is 1. The summed E-state index contributed by atoms with van der Waals surface area (Å²) in [5, 5.41) is 3.29. The van der Waals surface area contributed by atoms with E-state index in [0.717, 1.165) is 37.9 Å². The van der Waals surface area contributed by atoms with Crippen LogP contribution in [-0.4, -0.2) is 37.2 Å². The third-order valence-corrected chi connectivity index (χ3v) is 4.66. The van der Waals surface area contributed by atoms with E-state index in [9.17, 15) is 4.79 Å². The first-order valence-corrected chi connectivity index (χ1v) is 9.69. The molecule has 28 heavy (non-hydrogen) atoms. The van der Waals surface area contributed by atoms with Gasteiger partial charge in [0.1, 0.15) is 11.4 Å². The molecule has 1 aliphatic carbocycles. The van der Waals surface area contributed by atoms with E-state index in [1.54, 1.807) is 7.11 Å². The van der Waals surface area contributed by atoms with Crippen molar-refractivity contribution in [2.24, 2.45) is 16.6 Å². The molecule has 0 spiro atoms. The molecule has 1 aromatic carbocycles. The van der Waals surface area contributed by atoms with Crippen LogP contribution in [0.2, 0.25) is 0 Å². The van der Waals surface area contributed by atoms with Gasteiger partial charge in [-0.25, -0.2) is 0 Å². The number of halogens is 1. The summed E-state index contributed by atoms with van der Waals surface area (Å²) in [4.78, 5) is 16.6. The summed E-state index contributed by atoms with van der Waals surface area (Å²) in [6.45, 7) is 6.35. The molecule has 6 nitrogen and oxygen atoms in total. The van der Waals surface area contributed by atoms with E-state index >= 15 is 0 Å². The van der Waals surface area contributed by atoms with Crippen LogP contribution in [0.4, 0.5) is 0 Å². The fourth-order valence-corrected chi connectivity index (χ4v) is 3.21. The lowest BCUT2D eigenvalue weighted by molar-refractivity contribution is -0.161. The molecule has 2 rings (SSSR count). The summed E-state index contributed by atoms with van der Waals surface area (Å²) in [6.07, 6.45) is 4.28. The quantitative estimate of drug-likeness (QED) is 0.268. The number of carbonyl (C=O) groups is 1. The first-order valence-electron chi connectivity index (χ1n) is 9.69. The topological polar surface area (TPSA) is 85.9 Å². The fraction of sp³-hybridized carbons (Fsp3) is 0.619. The monoisotopic (exact) mass is 503 g/mol. The number of benzene rings is 1. The smallest absolute Gasteiger partial charge is 0.309 e. The van der Waals surface area contributed by atoms with Crippen molar-refractivity contribution < 1.29 is 14.3 Å². The second-order valence-corrected chi connectivity index (χ2v) is 8.09. The highest BCUT2D eigenvalue weighted by Gasteiger charge is 2.29. The van der Waals surface area contributed by atoms with Gasteiger partial charge in [-0.3, -0.25) is 9.79 Å². The molecule has 0 unspecified atom stereocenters. The summed E-state index contributed by atoms with van der Waals surface area (Å²) in [5.74, 6) is 1.24. The number of rotatable bonds is 6. The van der Waals surface area contributed by atoms with Crippen molar-refractivity contribution in [2.45, 2.75) is 64.5 Å². The molecule has 0 radical (unpaired) electrons. The molecule has 1 aliphatic rings. The van der Waals surface area contributed by atoms with Gasteiger partial charge in [0.15, 0.2) is 5.96 Å². The summed E-state index contributed by atoms with van der Waals surface area (Å²) >= 11 is 0. The number of nitrogens with one attached hydrogen (secondary N) is 1. The van der Waals surface area contributed by atoms with Crippen LogP contribution in [0.15, 0.2) is 29.3 Å². The van der Waals surface area contributed by atoms with E-state index in [1.165, 1.54) is 5.56 Å². The molecule has 0 aromatic heterocycles. The highest BCUT2D eigenvalue weighted by molar-refractivity contribution is 14.0. The van der Waals surface area contributed by atoms with Gasteiger partial charge in [-0.1, -0.05) is 12.1 Å². The molecule has 1 aromatic rings. The Balaban J connectivity index is 0.00000392. The highest BCUT2D eigenvalue weighted by Crippen LogP contribution is 2.26. The largest absolute Gasteiger partial charge is 0.497 e. The minimum absolute atomic E-state index is 0. The Kier molecular flexibility index (Phi) is 10.1. The lowest BCUT2D eigenvalue weighted by atomic mass is 9.86. The number of hydrogen-bond acceptors (Lipinski definition) is 4. The second kappa shape index (κ2) is 11.5. The number of esters is 1. The first kappa shape index (κ1) is 24.5. The van der Waals surface area contributed by atoms with E-state index in [-0.39, 0.29) is 41.9 Å². The maximum Gasteiger partial charge on any atom is 0.309 e. The molecule has 3 N–H and O–H groups in total. The maximum absolute atomic E-state index is 12.2. The molecule has 0 aliphatic heterocycles. The van der Waals surface area contributed by atoms with Crippen LogP contribution in [0.5, 0.6) is 5.75 Å². The number of carbonyl (C=O) groups excluding carboxylic acids is 1. The lowest BCUT2D eigenvalue weighted by Crippen LogP contribution is -2.43. The third kappa shape index (κ3) is 8.67. The average molecular weight is 503 g/mol. The predicted octanol–water partition coefficient (Wildman–Crippen LogP) is 3.66. The molecule has 158 valence electrons. The van der Waals surface area contributed by atoms with E-state index in [2.05, 4.69) is 10.3 Å². The summed E-state index contributed by atoms with van der Waals surface area (Å²) in [7, 11) is 1.66. The fourth-order valence-electron chi connectivity index (χ4n) is 3.21. The molecule has 1 fully saturated rings. The van der Waals surface area contributed by atoms with Gasteiger partial charge in [0, 0.05) is 12.6 Å². The first-order chi connectivity index (χ1) is 12.8. The van der Waals surface area contributed by atoms with Crippen molar-refractivity contribution in [1.29, 1.82) is 0 Å². The number of nitrogens with two attached hydrogens (primary N) is 1. The van der Waals surface area contributed by atoms with Gasteiger partial charge < -0.3 is 20.5 Å². The van der Waals surface area contributed by atoms with E-state index in [0.29, 0.717) is 12.5 Å². The zero-order valence-electron chi connectivity index (χ0n) is 17.4. The van der Waals surface area contributed by atoms with Gasteiger partial charge >= 0.3 is 5.97 Å². The Morgan fingerprint density at radius 3 is 2.32 bits per heavy atom. The van der Waals surface area contributed by atoms with Crippen molar-refractivity contribution >= 4 is 35.9 Å². The van der Waals surface area contributed by atoms with Crippen LogP contribution in [0.3, 0.4) is 0 Å². The van der Waals surface area contributed by atoms with Crippen molar-refractivity contribution in [2.75, 3.05) is 13.7 Å². The third-order valence-electron chi connectivity index (χ3n) is 4.66. The number of methoxy groups -OCH3 is 1. The lowest BCUT2D eigenvalue weighted by Gasteiger charge is -2.30. The van der Waals surface area contributed by atoms with Crippen molar-refractivity contribution in [3.05, 3.63) is 29.8 Å². The van der Waals surface area contributed by atoms with Gasteiger partial charge in [-0.2, -0.15) is 0 Å². The van der Waals surface area contributed by atoms with Gasteiger partial charge in [0.25, 0.3) is 0 Å². The minimum atomic E-state index is -0.423. The van der Waals surface area contributed by atoms with Crippen LogP contribution >= 0.6 is 24.0 Å². The maximum atomic E-state index is 12.2. The Hall–Kier alpha value is -1.51. The van der Waals surface area contributed by atoms with Crippen molar-refractivity contribution in [1.82, 2.24) is 5.32 Å². The van der Waals surface area contributed by atoms with Crippen LogP contribution in [0.1, 0.15) is 52.0 Å². The number of guanidine groups is 1. The molecule has 0 amide bonds. The molecule has 0 atom stereocenters. The van der Waals surface area contributed by atoms with Crippen molar-refractivity contribution in [3.8, 4) is 5.75 Å². The van der Waals surface area contributed by atoms with Gasteiger partial charge in [0.05, 0.1) is 13.0 Å². The standard InChI is InChI=1S/C21H33N3O3.HI/c1-21(2,3)27-19(25)16-7-9-17(10-8-16)24-20(22)23-14-13-15-5-11-18(26-4)12-6-15;/h5-6,11-12,16-17H,7-10,13-14H2,1-4H3,(H3,22,23,24);1H. The number of aliphatic imine (C=N–C) groups is 1. The molecule has 0 saturated heterocycles. The van der Waals surface area contributed by atoms with Crippen LogP contribution in [0, 0.1) is 5.92 Å². The van der Waals surface area contributed by atoms with E-state index < -0.39 is 5.60 Å². The SMILES string of the molecule is COc1ccc(CCN=C(N)NC2CCC(C(=O)OC(C)(C)C)CC2)cc1.I.